The monoisotopic (exact) mass is 129 g/mol. The third kappa shape index (κ3) is 2.06. The number of rotatable bonds is 3. The van der Waals surface area contributed by atoms with E-state index >= 15 is 0 Å². The first-order valence-electron chi connectivity index (χ1n) is 3.15. The number of nitrogens with zero attached hydrogens (tertiary/aromatic N) is 1. The molecule has 0 saturated heterocycles. The third-order valence-electron chi connectivity index (χ3n) is 1.66. The lowest BCUT2D eigenvalue weighted by molar-refractivity contribution is -0.118. The van der Waals surface area contributed by atoms with Crippen LogP contribution in [0.2, 0.25) is 0 Å². The van der Waals surface area contributed by atoms with Crippen LogP contribution in [0.4, 0.5) is 0 Å². The molecule has 0 aliphatic carbocycles. The van der Waals surface area contributed by atoms with E-state index in [0.29, 0.717) is 0 Å². The molecule has 0 aliphatic heterocycles. The van der Waals surface area contributed by atoms with Gasteiger partial charge in [-0.15, -0.1) is 0 Å². The van der Waals surface area contributed by atoms with Gasteiger partial charge in [0.1, 0.15) is 0 Å². The van der Waals surface area contributed by atoms with E-state index in [2.05, 4.69) is 6.58 Å². The minimum atomic E-state index is -0.179. The average molecular weight is 129 g/mol. The van der Waals surface area contributed by atoms with Crippen LogP contribution in [-0.2, 0) is 0 Å². The van der Waals surface area contributed by atoms with Gasteiger partial charge in [-0.2, -0.15) is 0 Å². The lowest BCUT2D eigenvalue weighted by atomic mass is 10.0. The van der Waals surface area contributed by atoms with Gasteiger partial charge < -0.3 is 0 Å². The van der Waals surface area contributed by atoms with Crippen molar-refractivity contribution in [3.05, 3.63) is 12.8 Å². The van der Waals surface area contributed by atoms with Gasteiger partial charge in [-0.25, -0.2) is 0 Å². The highest BCUT2D eigenvalue weighted by Crippen LogP contribution is 2.15. The highest BCUT2D eigenvalue weighted by molar-refractivity contribution is 4.79. The van der Waals surface area contributed by atoms with Gasteiger partial charge in [0.25, 0.3) is 0 Å². The fourth-order valence-electron chi connectivity index (χ4n) is 0.409. The molecule has 0 spiro atoms. The van der Waals surface area contributed by atoms with Crippen LogP contribution >= 0.6 is 0 Å². The number of hydrogen-bond donors (Lipinski definition) is 1. The number of hydroxylamine groups is 2. The maximum absolute atomic E-state index is 9.10. The Morgan fingerprint density at radius 3 is 2.22 bits per heavy atom. The molecule has 0 radical (unpaired) electrons. The summed E-state index contributed by atoms with van der Waals surface area (Å²) in [6.45, 7) is 9.38. The van der Waals surface area contributed by atoms with E-state index in [4.69, 9.17) is 5.21 Å². The average Bonchev–Trinajstić information content (AvgIpc) is 1.86. The first-order chi connectivity index (χ1) is 4.04. The first kappa shape index (κ1) is 8.50. The minimum Gasteiger partial charge on any atom is -0.288 e. The predicted molar refractivity (Wildman–Crippen MR) is 38.2 cm³/mol. The summed E-state index contributed by atoms with van der Waals surface area (Å²) >= 11 is 0. The summed E-state index contributed by atoms with van der Waals surface area (Å²) in [4.78, 5) is 0. The van der Waals surface area contributed by atoms with Gasteiger partial charge in [0.15, 0.2) is 0 Å². The van der Waals surface area contributed by atoms with E-state index in [1.54, 1.807) is 0 Å². The van der Waals surface area contributed by atoms with Gasteiger partial charge in [0.05, 0.1) is 5.54 Å². The molecule has 9 heavy (non-hydrogen) atoms. The van der Waals surface area contributed by atoms with Gasteiger partial charge in [-0.3, -0.25) is 10.3 Å². The molecule has 0 aliphatic rings. The SMILES string of the molecule is C=CN(O)C(C)(C)CC. The Hall–Kier alpha value is -0.500. The molecule has 0 aromatic rings. The Balaban J connectivity index is 3.95. The molecule has 0 aromatic heterocycles. The fraction of sp³-hybridized carbons (Fsp3) is 0.714. The molecule has 0 saturated carbocycles. The molecule has 0 bridgehead atoms. The van der Waals surface area contributed by atoms with Gasteiger partial charge in [0, 0.05) is 6.20 Å². The highest BCUT2D eigenvalue weighted by Gasteiger charge is 2.19. The highest BCUT2D eigenvalue weighted by atomic mass is 16.5. The summed E-state index contributed by atoms with van der Waals surface area (Å²) in [6, 6.07) is 0. The van der Waals surface area contributed by atoms with Gasteiger partial charge in [0.2, 0.25) is 0 Å². The summed E-state index contributed by atoms with van der Waals surface area (Å²) in [7, 11) is 0. The molecule has 0 atom stereocenters. The van der Waals surface area contributed by atoms with Crippen LogP contribution in [0.25, 0.3) is 0 Å². The largest absolute Gasteiger partial charge is 0.288 e. The number of hydrogen-bond acceptors (Lipinski definition) is 2. The summed E-state index contributed by atoms with van der Waals surface area (Å²) in [5, 5.41) is 10.2. The van der Waals surface area contributed by atoms with E-state index in [9.17, 15) is 0 Å². The fourth-order valence-corrected chi connectivity index (χ4v) is 0.409. The van der Waals surface area contributed by atoms with E-state index in [1.165, 1.54) is 6.20 Å². The maximum atomic E-state index is 9.10. The minimum absolute atomic E-state index is 0.179. The molecule has 0 amide bonds. The van der Waals surface area contributed by atoms with Crippen LogP contribution in [0.3, 0.4) is 0 Å². The van der Waals surface area contributed by atoms with Crippen LogP contribution in [-0.4, -0.2) is 15.8 Å². The second-order valence-corrected chi connectivity index (χ2v) is 2.69. The molecule has 54 valence electrons. The van der Waals surface area contributed by atoms with Crippen molar-refractivity contribution in [2.45, 2.75) is 32.7 Å². The zero-order valence-electron chi connectivity index (χ0n) is 6.39. The Morgan fingerprint density at radius 1 is 1.67 bits per heavy atom. The van der Waals surface area contributed by atoms with Crippen LogP contribution in [0.15, 0.2) is 12.8 Å². The lowest BCUT2D eigenvalue weighted by Crippen LogP contribution is -2.36. The Kier molecular flexibility index (Phi) is 2.71. The van der Waals surface area contributed by atoms with Crippen LogP contribution in [0.5, 0.6) is 0 Å². The molecule has 1 N–H and O–H groups in total. The lowest BCUT2D eigenvalue weighted by Gasteiger charge is -2.30. The van der Waals surface area contributed by atoms with E-state index < -0.39 is 0 Å². The van der Waals surface area contributed by atoms with Crippen molar-refractivity contribution in [2.75, 3.05) is 0 Å². The molecular formula is C7H15NO. The van der Waals surface area contributed by atoms with E-state index in [-0.39, 0.29) is 5.54 Å². The molecule has 2 nitrogen and oxygen atoms in total. The standard InChI is InChI=1S/C7H15NO/c1-5-7(3,4)8(9)6-2/h6,9H,2,5H2,1,3-4H3. The van der Waals surface area contributed by atoms with Crippen molar-refractivity contribution in [1.82, 2.24) is 5.06 Å². The smallest absolute Gasteiger partial charge is 0.0605 e. The quantitative estimate of drug-likeness (QED) is 0.589. The topological polar surface area (TPSA) is 23.5 Å². The Labute approximate surface area is 56.7 Å². The summed E-state index contributed by atoms with van der Waals surface area (Å²) in [5.74, 6) is 0. The maximum Gasteiger partial charge on any atom is 0.0605 e. The zero-order valence-corrected chi connectivity index (χ0v) is 6.39. The van der Waals surface area contributed by atoms with Gasteiger partial charge >= 0.3 is 0 Å². The Bertz CT molecular complexity index is 99.1. The van der Waals surface area contributed by atoms with E-state index in [0.717, 1.165) is 11.5 Å². The second-order valence-electron chi connectivity index (χ2n) is 2.69. The van der Waals surface area contributed by atoms with E-state index in [1.807, 2.05) is 20.8 Å². The van der Waals surface area contributed by atoms with Crippen LogP contribution in [0, 0.1) is 0 Å². The molecule has 0 fully saturated rings. The van der Waals surface area contributed by atoms with Crippen molar-refractivity contribution in [3.63, 3.8) is 0 Å². The van der Waals surface area contributed by atoms with Crippen molar-refractivity contribution < 1.29 is 5.21 Å². The normalized spacial score (nSPS) is 11.1. The van der Waals surface area contributed by atoms with Crippen molar-refractivity contribution in [3.8, 4) is 0 Å². The third-order valence-corrected chi connectivity index (χ3v) is 1.66. The zero-order chi connectivity index (χ0) is 7.49. The summed E-state index contributed by atoms with van der Waals surface area (Å²) in [6.07, 6.45) is 2.32. The first-order valence-corrected chi connectivity index (χ1v) is 3.15. The van der Waals surface area contributed by atoms with Crippen molar-refractivity contribution in [1.29, 1.82) is 0 Å². The Morgan fingerprint density at radius 2 is 2.11 bits per heavy atom. The van der Waals surface area contributed by atoms with Gasteiger partial charge in [-0.1, -0.05) is 13.5 Å². The second kappa shape index (κ2) is 2.87. The molecule has 0 unspecified atom stereocenters. The molecule has 0 heterocycles. The van der Waals surface area contributed by atoms with Crippen molar-refractivity contribution >= 4 is 0 Å². The van der Waals surface area contributed by atoms with Crippen LogP contribution < -0.4 is 0 Å². The summed E-state index contributed by atoms with van der Waals surface area (Å²) in [5.41, 5.74) is -0.179. The molecule has 2 heteroatoms. The van der Waals surface area contributed by atoms with Crippen LogP contribution in [0.1, 0.15) is 27.2 Å². The van der Waals surface area contributed by atoms with Gasteiger partial charge in [-0.05, 0) is 20.3 Å². The molecule has 0 rings (SSSR count). The van der Waals surface area contributed by atoms with Crippen molar-refractivity contribution in [2.24, 2.45) is 0 Å². The predicted octanol–water partition coefficient (Wildman–Crippen LogP) is 2.01. The summed E-state index contributed by atoms with van der Waals surface area (Å²) < 4.78 is 0. The molecular weight excluding hydrogens is 114 g/mol. The molecule has 0 aromatic carbocycles.